The van der Waals surface area contributed by atoms with Crippen LogP contribution >= 0.6 is 0 Å². The Hall–Kier alpha value is -4.99. The number of aliphatic carboxylic acids is 1. The highest BCUT2D eigenvalue weighted by Crippen LogP contribution is 2.17. The predicted octanol–water partition coefficient (Wildman–Crippen LogP) is 2.95. The number of carbonyl (C=O) groups excluding carboxylic acids is 4. The monoisotopic (exact) mass is 491 g/mol. The molecule has 36 heavy (non-hydrogen) atoms. The minimum Gasteiger partial charge on any atom is -0.478 e. The zero-order valence-electron chi connectivity index (χ0n) is 19.0. The maximum absolute atomic E-state index is 13.1. The van der Waals surface area contributed by atoms with E-state index in [1.54, 1.807) is 36.4 Å². The Balaban J connectivity index is 1.88. The number of carboxylic acids is 1. The Morgan fingerprint density at radius 1 is 0.639 bits per heavy atom. The van der Waals surface area contributed by atoms with Crippen molar-refractivity contribution in [1.29, 1.82) is 0 Å². The number of methoxy groups -OCH3 is 1. The zero-order chi connectivity index (χ0) is 26.1. The summed E-state index contributed by atoms with van der Waals surface area (Å²) in [4.78, 5) is 61.9. The Kier molecular flexibility index (Phi) is 8.49. The highest BCUT2D eigenvalue weighted by atomic mass is 16.6. The van der Waals surface area contributed by atoms with Gasteiger partial charge in [0.25, 0.3) is 5.91 Å². The molecule has 0 aliphatic rings. The van der Waals surface area contributed by atoms with Gasteiger partial charge in [0.15, 0.2) is 0 Å². The molecule has 0 aromatic heterocycles. The van der Waals surface area contributed by atoms with Crippen molar-refractivity contribution in [3.05, 3.63) is 102 Å². The molecule has 3 aromatic rings. The van der Waals surface area contributed by atoms with Gasteiger partial charge in [0.2, 0.25) is 12.2 Å². The topological polar surface area (TPSA) is 145 Å². The summed E-state index contributed by atoms with van der Waals surface area (Å²) in [7, 11) is 1.21. The van der Waals surface area contributed by atoms with Crippen LogP contribution in [-0.2, 0) is 23.8 Å². The lowest BCUT2D eigenvalue weighted by Crippen LogP contribution is -2.48. The SMILES string of the molecule is COC(=O)c1ccc(NC(=O)C(OC(=O)c2ccccc2)C(OC(=O)c2ccccc2)C(=O)O)cc1. The molecule has 0 radical (unpaired) electrons. The first-order valence-electron chi connectivity index (χ1n) is 10.5. The van der Waals surface area contributed by atoms with Crippen LogP contribution in [0.1, 0.15) is 31.1 Å². The van der Waals surface area contributed by atoms with Gasteiger partial charge in [-0.15, -0.1) is 0 Å². The number of anilines is 1. The van der Waals surface area contributed by atoms with Crippen LogP contribution in [0.4, 0.5) is 5.69 Å². The zero-order valence-corrected chi connectivity index (χ0v) is 19.0. The number of hydrogen-bond acceptors (Lipinski definition) is 8. The summed E-state index contributed by atoms with van der Waals surface area (Å²) in [5.41, 5.74) is 0.460. The fourth-order valence-electron chi connectivity index (χ4n) is 3.03. The predicted molar refractivity (Wildman–Crippen MR) is 125 cm³/mol. The highest BCUT2D eigenvalue weighted by molar-refractivity contribution is 6.01. The summed E-state index contributed by atoms with van der Waals surface area (Å²) in [6, 6.07) is 20.6. The van der Waals surface area contributed by atoms with E-state index in [4.69, 9.17) is 9.47 Å². The maximum Gasteiger partial charge on any atom is 0.349 e. The second kappa shape index (κ2) is 11.9. The minimum atomic E-state index is -2.17. The first-order valence-corrected chi connectivity index (χ1v) is 10.5. The van der Waals surface area contributed by atoms with Crippen LogP contribution in [0.25, 0.3) is 0 Å². The average molecular weight is 491 g/mol. The molecule has 0 saturated carbocycles. The average Bonchev–Trinajstić information content (AvgIpc) is 2.91. The molecule has 2 atom stereocenters. The van der Waals surface area contributed by atoms with E-state index in [0.717, 1.165) is 0 Å². The molecular weight excluding hydrogens is 470 g/mol. The smallest absolute Gasteiger partial charge is 0.349 e. The number of benzene rings is 3. The van der Waals surface area contributed by atoms with Crippen molar-refractivity contribution < 1.29 is 43.3 Å². The summed E-state index contributed by atoms with van der Waals surface area (Å²) in [6.07, 6.45) is -4.22. The molecule has 184 valence electrons. The number of carboxylic acid groups (broad SMARTS) is 1. The van der Waals surface area contributed by atoms with Crippen molar-refractivity contribution in [2.45, 2.75) is 12.2 Å². The molecule has 0 spiro atoms. The van der Waals surface area contributed by atoms with Gasteiger partial charge >= 0.3 is 23.9 Å². The van der Waals surface area contributed by atoms with Crippen molar-refractivity contribution in [3.63, 3.8) is 0 Å². The standard InChI is InChI=1S/C26H21NO9/c1-34-24(31)18-12-14-19(15-13-18)27-22(28)20(35-25(32)16-8-4-2-5-9-16)21(23(29)30)36-26(33)17-10-6-3-7-11-17/h2-15,20-21H,1H3,(H,27,28)(H,29,30). The van der Waals surface area contributed by atoms with Crippen LogP contribution in [0.3, 0.4) is 0 Å². The van der Waals surface area contributed by atoms with E-state index >= 15 is 0 Å². The van der Waals surface area contributed by atoms with Crippen molar-refractivity contribution in [1.82, 2.24) is 0 Å². The number of esters is 3. The Morgan fingerprint density at radius 3 is 1.53 bits per heavy atom. The molecule has 3 rings (SSSR count). The molecule has 0 aliphatic heterocycles. The number of nitrogens with one attached hydrogen (secondary N) is 1. The summed E-state index contributed by atoms with van der Waals surface area (Å²) in [5.74, 6) is -5.40. The van der Waals surface area contributed by atoms with Crippen LogP contribution in [0.15, 0.2) is 84.9 Å². The number of rotatable bonds is 9. The lowest BCUT2D eigenvalue weighted by Gasteiger charge is -2.23. The largest absolute Gasteiger partial charge is 0.478 e. The van der Waals surface area contributed by atoms with Gasteiger partial charge in [-0.25, -0.2) is 19.2 Å². The number of amides is 1. The molecule has 10 heteroatoms. The third-order valence-corrected chi connectivity index (χ3v) is 4.84. The van der Waals surface area contributed by atoms with Crippen LogP contribution in [0.5, 0.6) is 0 Å². The van der Waals surface area contributed by atoms with Gasteiger partial charge in [-0.3, -0.25) is 4.79 Å². The second-order valence-corrected chi connectivity index (χ2v) is 7.28. The van der Waals surface area contributed by atoms with E-state index in [9.17, 15) is 29.1 Å². The normalized spacial score (nSPS) is 11.9. The summed E-state index contributed by atoms with van der Waals surface area (Å²) >= 11 is 0. The molecule has 2 N–H and O–H groups in total. The molecule has 0 aliphatic carbocycles. The van der Waals surface area contributed by atoms with Crippen LogP contribution in [-0.4, -0.2) is 54.2 Å². The first-order chi connectivity index (χ1) is 17.3. The molecular formula is C26H21NO9. The van der Waals surface area contributed by atoms with Gasteiger partial charge in [0, 0.05) is 5.69 Å². The van der Waals surface area contributed by atoms with E-state index in [-0.39, 0.29) is 22.4 Å². The maximum atomic E-state index is 13.1. The second-order valence-electron chi connectivity index (χ2n) is 7.28. The van der Waals surface area contributed by atoms with E-state index in [1.165, 1.54) is 55.6 Å². The van der Waals surface area contributed by atoms with Gasteiger partial charge in [-0.2, -0.15) is 0 Å². The van der Waals surface area contributed by atoms with Crippen molar-refractivity contribution in [2.75, 3.05) is 12.4 Å². The fourth-order valence-corrected chi connectivity index (χ4v) is 3.03. The number of hydrogen-bond donors (Lipinski definition) is 2. The Bertz CT molecular complexity index is 1240. The lowest BCUT2D eigenvalue weighted by atomic mass is 10.1. The Labute approximate surface area is 205 Å². The molecule has 0 fully saturated rings. The number of ether oxygens (including phenoxy) is 3. The highest BCUT2D eigenvalue weighted by Gasteiger charge is 2.41. The van der Waals surface area contributed by atoms with E-state index in [0.29, 0.717) is 0 Å². The summed E-state index contributed by atoms with van der Waals surface area (Å²) in [6.45, 7) is 0. The van der Waals surface area contributed by atoms with E-state index in [1.807, 2.05) is 0 Å². The van der Waals surface area contributed by atoms with Crippen LogP contribution in [0.2, 0.25) is 0 Å². The van der Waals surface area contributed by atoms with Crippen LogP contribution in [0, 0.1) is 0 Å². The van der Waals surface area contributed by atoms with Gasteiger partial charge in [-0.1, -0.05) is 36.4 Å². The third-order valence-electron chi connectivity index (χ3n) is 4.84. The molecule has 3 aromatic carbocycles. The van der Waals surface area contributed by atoms with E-state index in [2.05, 4.69) is 10.1 Å². The molecule has 2 unspecified atom stereocenters. The van der Waals surface area contributed by atoms with Gasteiger partial charge in [0.1, 0.15) is 0 Å². The van der Waals surface area contributed by atoms with Gasteiger partial charge in [0.05, 0.1) is 23.8 Å². The quantitative estimate of drug-likeness (QED) is 0.341. The summed E-state index contributed by atoms with van der Waals surface area (Å²) in [5, 5.41) is 12.2. The summed E-state index contributed by atoms with van der Waals surface area (Å²) < 4.78 is 14.9. The van der Waals surface area contributed by atoms with Crippen molar-refractivity contribution in [2.24, 2.45) is 0 Å². The van der Waals surface area contributed by atoms with Crippen molar-refractivity contribution in [3.8, 4) is 0 Å². The molecule has 1 amide bonds. The fraction of sp³-hybridized carbons (Fsp3) is 0.115. The first kappa shape index (κ1) is 25.6. The van der Waals surface area contributed by atoms with Crippen molar-refractivity contribution >= 4 is 35.5 Å². The lowest BCUT2D eigenvalue weighted by molar-refractivity contribution is -0.157. The number of carbonyl (C=O) groups is 5. The minimum absolute atomic E-state index is 0.0377. The van der Waals surface area contributed by atoms with E-state index < -0.39 is 42.0 Å². The molecule has 0 saturated heterocycles. The molecule has 0 heterocycles. The van der Waals surface area contributed by atoms with Gasteiger partial charge < -0.3 is 24.6 Å². The third kappa shape index (κ3) is 6.54. The van der Waals surface area contributed by atoms with Gasteiger partial charge in [-0.05, 0) is 48.5 Å². The molecule has 0 bridgehead atoms. The Morgan fingerprint density at radius 2 is 1.08 bits per heavy atom. The van der Waals surface area contributed by atoms with Crippen LogP contribution < -0.4 is 5.32 Å². The molecule has 10 nitrogen and oxygen atoms in total.